The average Bonchev–Trinajstić information content (AvgIpc) is 2.61. The zero-order valence-electron chi connectivity index (χ0n) is 14.2. The molecule has 0 saturated heterocycles. The SMILES string of the molecule is C[C@H](OC(=O)c1cc(Cl)ccc1[N+](=O)[O-])C(=O)N(C)Cc1ccccc1. The number of carbonyl (C=O) groups excluding carboxylic acids is 2. The lowest BCUT2D eigenvalue weighted by molar-refractivity contribution is -0.385. The van der Waals surface area contributed by atoms with Crippen LogP contribution in [0.15, 0.2) is 48.5 Å². The van der Waals surface area contributed by atoms with E-state index in [2.05, 4.69) is 0 Å². The molecule has 1 amide bonds. The van der Waals surface area contributed by atoms with Gasteiger partial charge in [0.25, 0.3) is 11.6 Å². The van der Waals surface area contributed by atoms with Gasteiger partial charge in [-0.3, -0.25) is 14.9 Å². The van der Waals surface area contributed by atoms with E-state index < -0.39 is 28.6 Å². The van der Waals surface area contributed by atoms with Crippen LogP contribution in [0.4, 0.5) is 5.69 Å². The van der Waals surface area contributed by atoms with E-state index in [9.17, 15) is 19.7 Å². The second-order valence-electron chi connectivity index (χ2n) is 5.65. The number of nitro benzene ring substituents is 1. The van der Waals surface area contributed by atoms with E-state index in [4.69, 9.17) is 16.3 Å². The van der Waals surface area contributed by atoms with Crippen molar-refractivity contribution in [1.82, 2.24) is 4.90 Å². The van der Waals surface area contributed by atoms with Crippen LogP contribution < -0.4 is 0 Å². The van der Waals surface area contributed by atoms with E-state index in [0.717, 1.165) is 17.7 Å². The molecule has 2 aromatic carbocycles. The molecule has 0 fully saturated rings. The first-order valence-electron chi connectivity index (χ1n) is 7.73. The molecule has 0 aromatic heterocycles. The lowest BCUT2D eigenvalue weighted by Gasteiger charge is -2.21. The number of hydrogen-bond acceptors (Lipinski definition) is 5. The Labute approximate surface area is 155 Å². The van der Waals surface area contributed by atoms with Crippen LogP contribution in [-0.4, -0.2) is 34.9 Å². The molecule has 2 rings (SSSR count). The normalized spacial score (nSPS) is 11.5. The lowest BCUT2D eigenvalue weighted by Crippen LogP contribution is -2.37. The van der Waals surface area contributed by atoms with E-state index >= 15 is 0 Å². The third kappa shape index (κ3) is 4.80. The van der Waals surface area contributed by atoms with Gasteiger partial charge in [-0.25, -0.2) is 4.79 Å². The van der Waals surface area contributed by atoms with Gasteiger partial charge in [-0.15, -0.1) is 0 Å². The Bertz CT molecular complexity index is 826. The minimum atomic E-state index is -1.10. The van der Waals surface area contributed by atoms with Gasteiger partial charge in [-0.05, 0) is 24.6 Å². The van der Waals surface area contributed by atoms with E-state index in [1.807, 2.05) is 30.3 Å². The zero-order chi connectivity index (χ0) is 19.3. The van der Waals surface area contributed by atoms with E-state index in [0.29, 0.717) is 6.54 Å². The van der Waals surface area contributed by atoms with Crippen molar-refractivity contribution in [3.05, 3.63) is 74.8 Å². The van der Waals surface area contributed by atoms with E-state index in [1.165, 1.54) is 17.9 Å². The van der Waals surface area contributed by atoms with Crippen molar-refractivity contribution in [2.75, 3.05) is 7.05 Å². The summed E-state index contributed by atoms with van der Waals surface area (Å²) >= 11 is 5.80. The summed E-state index contributed by atoms with van der Waals surface area (Å²) in [5.41, 5.74) is 0.192. The predicted octanol–water partition coefficient (Wildman–Crippen LogP) is 3.45. The Morgan fingerprint density at radius 3 is 2.50 bits per heavy atom. The number of halogens is 1. The molecule has 0 heterocycles. The molecule has 2 aromatic rings. The number of carbonyl (C=O) groups is 2. The largest absolute Gasteiger partial charge is 0.449 e. The second kappa shape index (κ2) is 8.44. The first-order valence-corrected chi connectivity index (χ1v) is 8.11. The first kappa shape index (κ1) is 19.4. The van der Waals surface area contributed by atoms with Crippen molar-refractivity contribution in [2.45, 2.75) is 19.6 Å². The minimum absolute atomic E-state index is 0.155. The molecule has 0 aliphatic heterocycles. The van der Waals surface area contributed by atoms with Gasteiger partial charge < -0.3 is 9.64 Å². The Kier molecular flexibility index (Phi) is 6.30. The van der Waals surface area contributed by atoms with Crippen molar-refractivity contribution in [3.8, 4) is 0 Å². The molecule has 0 aliphatic rings. The Hall–Kier alpha value is -2.93. The van der Waals surface area contributed by atoms with Gasteiger partial charge in [0.05, 0.1) is 4.92 Å². The Morgan fingerprint density at radius 1 is 1.23 bits per heavy atom. The number of benzene rings is 2. The standard InChI is InChI=1S/C18H17ClN2O5/c1-12(17(22)20(2)11-13-6-4-3-5-7-13)26-18(23)15-10-14(19)8-9-16(15)21(24)25/h3-10,12H,11H2,1-2H3/t12-/m0/s1. The number of nitrogens with zero attached hydrogens (tertiary/aromatic N) is 2. The van der Waals surface area contributed by atoms with Crippen LogP contribution in [0.25, 0.3) is 0 Å². The van der Waals surface area contributed by atoms with Gasteiger partial charge in [0, 0.05) is 24.7 Å². The monoisotopic (exact) mass is 376 g/mol. The number of amides is 1. The van der Waals surface area contributed by atoms with Gasteiger partial charge in [-0.2, -0.15) is 0 Å². The lowest BCUT2D eigenvalue weighted by atomic mass is 10.2. The number of esters is 1. The Balaban J connectivity index is 2.08. The molecular weight excluding hydrogens is 360 g/mol. The smallest absolute Gasteiger partial charge is 0.345 e. The number of nitro groups is 1. The highest BCUT2D eigenvalue weighted by Crippen LogP contribution is 2.24. The highest BCUT2D eigenvalue weighted by molar-refractivity contribution is 6.31. The summed E-state index contributed by atoms with van der Waals surface area (Å²) in [4.78, 5) is 36.4. The molecule has 0 aliphatic carbocycles. The van der Waals surface area contributed by atoms with E-state index in [1.54, 1.807) is 7.05 Å². The zero-order valence-corrected chi connectivity index (χ0v) is 15.0. The van der Waals surface area contributed by atoms with Crippen LogP contribution in [-0.2, 0) is 16.1 Å². The molecule has 0 unspecified atom stereocenters. The first-order chi connectivity index (χ1) is 12.3. The molecule has 0 saturated carbocycles. The fraction of sp³-hybridized carbons (Fsp3) is 0.222. The molecule has 0 radical (unpaired) electrons. The molecule has 7 nitrogen and oxygen atoms in total. The Morgan fingerprint density at radius 2 is 1.88 bits per heavy atom. The highest BCUT2D eigenvalue weighted by Gasteiger charge is 2.27. The molecular formula is C18H17ClN2O5. The average molecular weight is 377 g/mol. The fourth-order valence-corrected chi connectivity index (χ4v) is 2.52. The molecule has 26 heavy (non-hydrogen) atoms. The molecule has 0 N–H and O–H groups in total. The van der Waals surface area contributed by atoms with Gasteiger partial charge in [0.1, 0.15) is 5.56 Å². The van der Waals surface area contributed by atoms with Crippen LogP contribution in [0.3, 0.4) is 0 Å². The van der Waals surface area contributed by atoms with Crippen molar-refractivity contribution >= 4 is 29.2 Å². The van der Waals surface area contributed by atoms with E-state index in [-0.39, 0.29) is 10.6 Å². The van der Waals surface area contributed by atoms with Crippen LogP contribution in [0.1, 0.15) is 22.8 Å². The third-order valence-corrected chi connectivity index (χ3v) is 3.88. The summed E-state index contributed by atoms with van der Waals surface area (Å²) in [6.45, 7) is 1.76. The maximum atomic E-state index is 12.4. The van der Waals surface area contributed by atoms with Gasteiger partial charge in [0.2, 0.25) is 0 Å². The maximum Gasteiger partial charge on any atom is 0.345 e. The van der Waals surface area contributed by atoms with Gasteiger partial charge in [-0.1, -0.05) is 41.9 Å². The molecule has 1 atom stereocenters. The van der Waals surface area contributed by atoms with Crippen LogP contribution >= 0.6 is 11.6 Å². The summed E-state index contributed by atoms with van der Waals surface area (Å²) in [5.74, 6) is -1.40. The maximum absolute atomic E-state index is 12.4. The minimum Gasteiger partial charge on any atom is -0.449 e. The second-order valence-corrected chi connectivity index (χ2v) is 6.08. The predicted molar refractivity (Wildman–Crippen MR) is 95.9 cm³/mol. The quantitative estimate of drug-likeness (QED) is 0.437. The summed E-state index contributed by atoms with van der Waals surface area (Å²) in [7, 11) is 1.58. The van der Waals surface area contributed by atoms with Crippen molar-refractivity contribution < 1.29 is 19.2 Å². The number of hydrogen-bond donors (Lipinski definition) is 0. The van der Waals surface area contributed by atoms with Crippen LogP contribution in [0.5, 0.6) is 0 Å². The van der Waals surface area contributed by atoms with Crippen LogP contribution in [0, 0.1) is 10.1 Å². The summed E-state index contributed by atoms with van der Waals surface area (Å²) < 4.78 is 5.11. The number of rotatable bonds is 6. The van der Waals surface area contributed by atoms with Gasteiger partial charge >= 0.3 is 5.97 Å². The topological polar surface area (TPSA) is 89.7 Å². The summed E-state index contributed by atoms with van der Waals surface area (Å²) in [6, 6.07) is 12.9. The van der Waals surface area contributed by atoms with Crippen molar-refractivity contribution in [3.63, 3.8) is 0 Å². The van der Waals surface area contributed by atoms with Crippen LogP contribution in [0.2, 0.25) is 5.02 Å². The van der Waals surface area contributed by atoms with Crippen molar-refractivity contribution in [2.24, 2.45) is 0 Å². The van der Waals surface area contributed by atoms with Gasteiger partial charge in [0.15, 0.2) is 6.10 Å². The molecule has 0 bridgehead atoms. The molecule has 0 spiro atoms. The summed E-state index contributed by atoms with van der Waals surface area (Å²) in [5, 5.41) is 11.2. The number of likely N-dealkylation sites (N-methyl/N-ethyl adjacent to an activating group) is 1. The third-order valence-electron chi connectivity index (χ3n) is 3.65. The molecule has 136 valence electrons. The van der Waals surface area contributed by atoms with Crippen molar-refractivity contribution in [1.29, 1.82) is 0 Å². The fourth-order valence-electron chi connectivity index (χ4n) is 2.35. The number of ether oxygens (including phenoxy) is 1. The summed E-state index contributed by atoms with van der Waals surface area (Å²) in [6.07, 6.45) is -1.10. The molecule has 8 heteroatoms. The highest BCUT2D eigenvalue weighted by atomic mass is 35.5.